The number of benzene rings is 2. The number of urea groups is 2. The molecule has 21 nitrogen and oxygen atoms in total. The van der Waals surface area contributed by atoms with E-state index in [0.717, 1.165) is 35.1 Å². The molecule has 0 radical (unpaired) electrons. The van der Waals surface area contributed by atoms with Gasteiger partial charge in [-0.15, -0.1) is 11.6 Å². The number of hydrogen-bond donors (Lipinski definition) is 10. The Balaban J connectivity index is 1.10. The van der Waals surface area contributed by atoms with Gasteiger partial charge in [0.15, 0.2) is 0 Å². The number of likely N-dealkylation sites (N-methyl/N-ethyl adjacent to an activating group) is 1. The third-order valence-electron chi connectivity index (χ3n) is 13.9. The molecule has 1 unspecified atom stereocenters. The van der Waals surface area contributed by atoms with Crippen molar-refractivity contribution in [1.29, 1.82) is 0 Å². The van der Waals surface area contributed by atoms with Crippen molar-refractivity contribution in [2.24, 2.45) is 11.5 Å². The van der Waals surface area contributed by atoms with E-state index in [4.69, 9.17) is 23.1 Å². The lowest BCUT2D eigenvalue weighted by atomic mass is 9.96. The number of carbonyl (C=O) groups excluding carboxylic acids is 9. The first-order valence-electron chi connectivity index (χ1n) is 25.5. The molecular weight excluding hydrogens is 992 g/mol. The van der Waals surface area contributed by atoms with E-state index in [0.29, 0.717) is 55.9 Å². The van der Waals surface area contributed by atoms with Gasteiger partial charge in [-0.3, -0.25) is 33.6 Å². The van der Waals surface area contributed by atoms with Crippen LogP contribution in [0.2, 0.25) is 0 Å². The van der Waals surface area contributed by atoms with Gasteiger partial charge in [-0.25, -0.2) is 9.59 Å². The molecule has 0 saturated carbocycles. The zero-order valence-corrected chi connectivity index (χ0v) is 43.4. The summed E-state index contributed by atoms with van der Waals surface area (Å²) in [7, 11) is 1.51. The van der Waals surface area contributed by atoms with E-state index < -0.39 is 71.7 Å². The van der Waals surface area contributed by atoms with E-state index in [1.165, 1.54) is 16.8 Å². The van der Waals surface area contributed by atoms with E-state index in [-0.39, 0.29) is 81.5 Å². The third kappa shape index (κ3) is 16.2. The molecule has 3 aliphatic heterocycles. The molecule has 0 spiro atoms. The first-order valence-corrected chi connectivity index (χ1v) is 27.1. The highest BCUT2D eigenvalue weighted by Crippen LogP contribution is 2.33. The van der Waals surface area contributed by atoms with E-state index >= 15 is 0 Å². The largest absolute Gasteiger partial charge is 0.368 e. The minimum atomic E-state index is -1.28. The Hall–Kier alpha value is -6.55. The van der Waals surface area contributed by atoms with Crippen LogP contribution in [0.3, 0.4) is 0 Å². The number of nitrogens with two attached hydrogens (primary N) is 2. The molecule has 3 fully saturated rings. The Morgan fingerprint density at radius 1 is 0.811 bits per heavy atom. The second kappa shape index (κ2) is 28.2. The summed E-state index contributed by atoms with van der Waals surface area (Å²) in [6.45, 7) is 0.639. The molecule has 3 saturated heterocycles. The maximum atomic E-state index is 14.6. The van der Waals surface area contributed by atoms with Crippen LogP contribution in [0, 0.1) is 0 Å². The summed E-state index contributed by atoms with van der Waals surface area (Å²) in [5.74, 6) is -3.33. The van der Waals surface area contributed by atoms with Gasteiger partial charge in [-0.2, -0.15) is 11.8 Å². The molecule has 0 bridgehead atoms. The second-order valence-corrected chi connectivity index (χ2v) is 20.7. The number of primary amides is 2. The topological polar surface area (TPSA) is 312 Å². The number of carbonyl (C=O) groups is 9. The third-order valence-corrected chi connectivity index (χ3v) is 15.7. The molecule has 1 aromatic heterocycles. The van der Waals surface area contributed by atoms with E-state index in [1.54, 1.807) is 6.20 Å². The minimum Gasteiger partial charge on any atom is -0.368 e. The lowest BCUT2D eigenvalue weighted by molar-refractivity contribution is -0.150. The number of rotatable bonds is 28. The van der Waals surface area contributed by atoms with Crippen molar-refractivity contribution in [2.75, 3.05) is 38.3 Å². The number of halogens is 1. The molecule has 6 rings (SSSR count). The average molecular weight is 1060 g/mol. The zero-order chi connectivity index (χ0) is 53.1. The SMILES string of the molecule is CN(C(=O)CCl)[C@@H](Cc1ccccc1)C(=O)N1CCCC[C@H]1C(=O)NC(Cc1c[nH]c2ccccc12)C(=O)N[C@@H](CCCNC(N)=O)C(=O)N[C@@H](CCCCNC(=O)CCCC[C@H]1SC[C@H]2NC(=O)N[C@H]21)C(N)=O. The smallest absolute Gasteiger partial charge is 0.315 e. The number of alkyl halides is 1. The molecule has 3 aliphatic rings. The number of fused-ring (bicyclic) bond motifs is 2. The number of nitrogens with one attached hydrogen (secondary N) is 8. The number of amides is 11. The number of aromatic nitrogens is 1. The fourth-order valence-electron chi connectivity index (χ4n) is 9.83. The number of hydrogen-bond acceptors (Lipinski definition) is 10. The normalized spacial score (nSPS) is 19.6. The van der Waals surface area contributed by atoms with Crippen LogP contribution in [0.5, 0.6) is 0 Å². The fourth-order valence-corrected chi connectivity index (χ4v) is 11.6. The quantitative estimate of drug-likeness (QED) is 0.0286. The first kappa shape index (κ1) is 56.7. The Morgan fingerprint density at radius 2 is 1.53 bits per heavy atom. The first-order chi connectivity index (χ1) is 35.6. The Bertz CT molecular complexity index is 2450. The van der Waals surface area contributed by atoms with Crippen LogP contribution in [0.15, 0.2) is 60.8 Å². The molecule has 8 atom stereocenters. The van der Waals surface area contributed by atoms with E-state index in [9.17, 15) is 43.2 Å². The highest BCUT2D eigenvalue weighted by molar-refractivity contribution is 8.00. The second-order valence-electron chi connectivity index (χ2n) is 19.2. The number of nitrogens with zero attached hydrogens (tertiary/aromatic N) is 2. The molecule has 402 valence electrons. The number of aromatic amines is 1. The monoisotopic (exact) mass is 1060 g/mol. The molecule has 2 aromatic carbocycles. The lowest BCUT2D eigenvalue weighted by Gasteiger charge is -2.39. The Kier molecular flexibility index (Phi) is 21.6. The van der Waals surface area contributed by atoms with Gasteiger partial charge >= 0.3 is 12.1 Å². The van der Waals surface area contributed by atoms with Gasteiger partial charge in [0.1, 0.15) is 36.1 Å². The van der Waals surface area contributed by atoms with Crippen molar-refractivity contribution in [1.82, 2.24) is 52.0 Å². The maximum absolute atomic E-state index is 14.6. The molecule has 12 N–H and O–H groups in total. The predicted octanol–water partition coefficient (Wildman–Crippen LogP) is 1.80. The minimum absolute atomic E-state index is 0.0142. The highest BCUT2D eigenvalue weighted by Gasteiger charge is 2.43. The van der Waals surface area contributed by atoms with Crippen molar-refractivity contribution in [3.63, 3.8) is 0 Å². The summed E-state index contributed by atoms with van der Waals surface area (Å²) >= 11 is 7.79. The van der Waals surface area contributed by atoms with Crippen molar-refractivity contribution >= 4 is 87.7 Å². The lowest BCUT2D eigenvalue weighted by Crippen LogP contribution is -2.61. The van der Waals surface area contributed by atoms with Crippen LogP contribution < -0.4 is 48.7 Å². The summed E-state index contributed by atoms with van der Waals surface area (Å²) in [5.41, 5.74) is 13.3. The van der Waals surface area contributed by atoms with Crippen molar-refractivity contribution in [3.05, 3.63) is 71.9 Å². The van der Waals surface area contributed by atoms with E-state index in [1.807, 2.05) is 66.4 Å². The zero-order valence-electron chi connectivity index (χ0n) is 41.8. The predicted molar refractivity (Wildman–Crippen MR) is 281 cm³/mol. The summed E-state index contributed by atoms with van der Waals surface area (Å²) < 4.78 is 0. The Morgan fingerprint density at radius 3 is 2.28 bits per heavy atom. The van der Waals surface area contributed by atoms with Gasteiger partial charge in [0.05, 0.1) is 12.1 Å². The number of piperidine rings is 1. The average Bonchev–Trinajstić information content (AvgIpc) is 4.10. The summed E-state index contributed by atoms with van der Waals surface area (Å²) in [6.07, 6.45) is 7.42. The van der Waals surface area contributed by atoms with Crippen LogP contribution in [0.25, 0.3) is 10.9 Å². The molecule has 4 heterocycles. The number of thioether (sulfide) groups is 1. The van der Waals surface area contributed by atoms with E-state index in [2.05, 4.69) is 42.2 Å². The van der Waals surface area contributed by atoms with Gasteiger partial charge in [0.25, 0.3) is 0 Å². The number of para-hydroxylation sites is 1. The van der Waals surface area contributed by atoms with Crippen LogP contribution in [0.1, 0.15) is 88.2 Å². The number of likely N-dealkylation sites (tertiary alicyclic amines) is 1. The fraction of sp³-hybridized carbons (Fsp3) is 0.549. The molecular formula is C51H71ClN12O9S. The van der Waals surface area contributed by atoms with Crippen LogP contribution in [-0.2, 0) is 46.4 Å². The molecule has 74 heavy (non-hydrogen) atoms. The maximum Gasteiger partial charge on any atom is 0.315 e. The van der Waals surface area contributed by atoms with Crippen LogP contribution >= 0.6 is 23.4 Å². The van der Waals surface area contributed by atoms with Crippen molar-refractivity contribution in [2.45, 2.75) is 137 Å². The van der Waals surface area contributed by atoms with Gasteiger partial charge in [-0.05, 0) is 81.4 Å². The number of H-pyrrole nitrogens is 1. The number of unbranched alkanes of at least 4 members (excludes halogenated alkanes) is 2. The van der Waals surface area contributed by atoms with Crippen molar-refractivity contribution < 1.29 is 43.2 Å². The molecule has 23 heteroatoms. The molecule has 11 amide bonds. The highest BCUT2D eigenvalue weighted by atomic mass is 35.5. The summed E-state index contributed by atoms with van der Waals surface area (Å²) in [4.78, 5) is 125. The van der Waals surface area contributed by atoms with Gasteiger partial charge in [0, 0.05) is 74.0 Å². The standard InChI is InChI=1S/C51H71ClN12O9S/c1-63(43(66)28-52)40(26-31-14-3-2-4-15-31)49(71)64-25-12-10-20-39(64)48(70)60-37(27-32-29-57-34-17-6-5-16-33(32)34)47(69)59-36(19-13-24-56-50(54)72)46(68)58-35(45(53)67)18-9-11-23-55-42(65)22-8-7-21-41-44-38(30-74-41)61-51(73)62-44/h2-6,14-17,29,35-41,44,57H,7-13,18-28,30H2,1H3,(H2,53,67)(H,55,65)(H,58,68)(H,59,69)(H,60,70)(H3,54,56,72)(H2,61,62,73)/t35-,36-,37?,38+,39-,40-,41+,44+/m0/s1. The van der Waals surface area contributed by atoms with Crippen LogP contribution in [0.4, 0.5) is 9.59 Å². The molecule has 3 aromatic rings. The Labute approximate surface area is 440 Å². The van der Waals surface area contributed by atoms with Crippen LogP contribution in [-0.4, -0.2) is 154 Å². The van der Waals surface area contributed by atoms with Crippen molar-refractivity contribution in [3.8, 4) is 0 Å². The summed E-state index contributed by atoms with van der Waals surface area (Å²) in [6, 6.07) is 10.3. The summed E-state index contributed by atoms with van der Waals surface area (Å²) in [5, 5.41) is 20.8. The molecule has 0 aliphatic carbocycles. The van der Waals surface area contributed by atoms with Gasteiger partial charge in [0.2, 0.25) is 41.4 Å². The van der Waals surface area contributed by atoms with Gasteiger partial charge in [-0.1, -0.05) is 55.0 Å². The van der Waals surface area contributed by atoms with Gasteiger partial charge < -0.3 is 63.5 Å².